The molecule has 0 nitrogen and oxygen atoms in total. The van der Waals surface area contributed by atoms with Gasteiger partial charge >= 0.3 is 0 Å². The van der Waals surface area contributed by atoms with Gasteiger partial charge in [-0.25, -0.2) is 0 Å². The number of hydrogen-bond donors (Lipinski definition) is 0. The highest BCUT2D eigenvalue weighted by atomic mass is 32.1. The molecular weight excluding hydrogens is 260 g/mol. The van der Waals surface area contributed by atoms with Crippen molar-refractivity contribution in [3.8, 4) is 0 Å². The maximum Gasteiger partial charge on any atom is 0.0875 e. The van der Waals surface area contributed by atoms with Crippen LogP contribution in [0.15, 0.2) is 33.7 Å². The lowest BCUT2D eigenvalue weighted by molar-refractivity contribution is 1.07. The van der Waals surface area contributed by atoms with E-state index in [9.17, 15) is 0 Å². The summed E-state index contributed by atoms with van der Waals surface area (Å²) in [4.78, 5) is 0. The normalized spacial score (nSPS) is 11.9. The lowest BCUT2D eigenvalue weighted by atomic mass is 10.3. The van der Waals surface area contributed by atoms with Crippen molar-refractivity contribution in [2.75, 3.05) is 0 Å². The van der Waals surface area contributed by atoms with Gasteiger partial charge < -0.3 is 0 Å². The average Bonchev–Trinajstić information content (AvgIpc) is 3.04. The fourth-order valence-electron chi connectivity index (χ4n) is 2.54. The van der Waals surface area contributed by atoms with Crippen molar-refractivity contribution in [3.05, 3.63) is 39.2 Å². The first-order valence-corrected chi connectivity index (χ1v) is 10.8. The summed E-state index contributed by atoms with van der Waals surface area (Å²) in [6.45, 7) is 4.78. The van der Waals surface area contributed by atoms with Crippen molar-refractivity contribution in [3.63, 3.8) is 0 Å². The number of aryl methyl sites for hydroxylation is 1. The SMILES string of the molecule is CC[Si](CC)(CCc1ccsc1)c1ccsc1. The molecule has 3 heteroatoms. The first-order chi connectivity index (χ1) is 8.30. The molecule has 92 valence electrons. The van der Waals surface area contributed by atoms with E-state index in [1.807, 2.05) is 22.7 Å². The van der Waals surface area contributed by atoms with Crippen LogP contribution in [-0.2, 0) is 6.42 Å². The van der Waals surface area contributed by atoms with E-state index < -0.39 is 8.07 Å². The van der Waals surface area contributed by atoms with Crippen LogP contribution >= 0.6 is 22.7 Å². The predicted molar refractivity (Wildman–Crippen MR) is 83.5 cm³/mol. The van der Waals surface area contributed by atoms with Crippen LogP contribution in [0.4, 0.5) is 0 Å². The van der Waals surface area contributed by atoms with Crippen LogP contribution < -0.4 is 5.19 Å². The first kappa shape index (κ1) is 13.1. The fourth-order valence-corrected chi connectivity index (χ4v) is 8.61. The molecule has 0 aromatic carbocycles. The Balaban J connectivity index is 2.12. The van der Waals surface area contributed by atoms with Crippen LogP contribution in [0.5, 0.6) is 0 Å². The van der Waals surface area contributed by atoms with Gasteiger partial charge in [0, 0.05) is 0 Å². The molecule has 0 amide bonds. The Kier molecular flexibility index (Phi) is 4.60. The van der Waals surface area contributed by atoms with E-state index in [1.165, 1.54) is 30.1 Å². The smallest absolute Gasteiger partial charge is 0.0875 e. The summed E-state index contributed by atoms with van der Waals surface area (Å²) < 4.78 is 0. The lowest BCUT2D eigenvalue weighted by Crippen LogP contribution is -2.45. The minimum absolute atomic E-state index is 1.21. The van der Waals surface area contributed by atoms with Crippen molar-refractivity contribution < 1.29 is 0 Å². The average molecular weight is 281 g/mol. The summed E-state index contributed by atoms with van der Waals surface area (Å²) in [6.07, 6.45) is 1.27. The van der Waals surface area contributed by atoms with Gasteiger partial charge in [0.25, 0.3) is 0 Å². The third-order valence-corrected chi connectivity index (χ3v) is 11.0. The minimum atomic E-state index is -1.21. The van der Waals surface area contributed by atoms with E-state index >= 15 is 0 Å². The quantitative estimate of drug-likeness (QED) is 0.670. The molecular formula is C14H20S2Si. The summed E-state index contributed by atoms with van der Waals surface area (Å²) in [7, 11) is -1.21. The van der Waals surface area contributed by atoms with Gasteiger partial charge in [-0.15, -0.1) is 0 Å². The Morgan fingerprint density at radius 3 is 2.24 bits per heavy atom. The molecule has 0 aliphatic rings. The van der Waals surface area contributed by atoms with Crippen LogP contribution in [0.1, 0.15) is 19.4 Å². The molecule has 0 fully saturated rings. The Morgan fingerprint density at radius 1 is 1.00 bits per heavy atom. The van der Waals surface area contributed by atoms with Gasteiger partial charge in [0.15, 0.2) is 0 Å². The highest BCUT2D eigenvalue weighted by Crippen LogP contribution is 2.24. The van der Waals surface area contributed by atoms with Crippen molar-refractivity contribution >= 4 is 35.9 Å². The monoisotopic (exact) mass is 280 g/mol. The summed E-state index contributed by atoms with van der Waals surface area (Å²) in [5, 5.41) is 10.8. The summed E-state index contributed by atoms with van der Waals surface area (Å²) in [6, 6.07) is 8.82. The molecule has 2 heterocycles. The van der Waals surface area contributed by atoms with Crippen LogP contribution in [-0.4, -0.2) is 8.07 Å². The van der Waals surface area contributed by atoms with Crippen molar-refractivity contribution in [2.24, 2.45) is 0 Å². The Bertz CT molecular complexity index is 413. The van der Waals surface area contributed by atoms with Crippen molar-refractivity contribution in [1.82, 2.24) is 0 Å². The Hall–Kier alpha value is -0.383. The zero-order valence-corrected chi connectivity index (χ0v) is 13.2. The van der Waals surface area contributed by atoms with E-state index in [1.54, 1.807) is 5.19 Å². The predicted octanol–water partition coefficient (Wildman–Crippen LogP) is 4.75. The van der Waals surface area contributed by atoms with E-state index in [0.29, 0.717) is 0 Å². The summed E-state index contributed by atoms with van der Waals surface area (Å²) >= 11 is 3.68. The number of hydrogen-bond acceptors (Lipinski definition) is 2. The Morgan fingerprint density at radius 2 is 1.71 bits per heavy atom. The zero-order valence-electron chi connectivity index (χ0n) is 10.6. The van der Waals surface area contributed by atoms with Gasteiger partial charge in [0.1, 0.15) is 0 Å². The van der Waals surface area contributed by atoms with Gasteiger partial charge in [-0.1, -0.05) is 32.0 Å². The van der Waals surface area contributed by atoms with Crippen LogP contribution in [0, 0.1) is 0 Å². The standard InChI is InChI=1S/C14H20S2Si/c1-3-17(4-2,14-6-9-16-12-14)10-7-13-5-8-15-11-13/h5-6,8-9,11-12H,3-4,7,10H2,1-2H3. The molecule has 0 radical (unpaired) electrons. The van der Waals surface area contributed by atoms with Crippen molar-refractivity contribution in [2.45, 2.75) is 38.4 Å². The molecule has 17 heavy (non-hydrogen) atoms. The maximum absolute atomic E-state index is 2.40. The number of thiophene rings is 2. The van der Waals surface area contributed by atoms with Gasteiger partial charge in [0.2, 0.25) is 0 Å². The molecule has 2 rings (SSSR count). The molecule has 0 unspecified atom stereocenters. The van der Waals surface area contributed by atoms with Crippen molar-refractivity contribution in [1.29, 1.82) is 0 Å². The Labute approximate surface area is 113 Å². The largest absolute Gasteiger partial charge is 0.153 e. The molecule has 0 atom stereocenters. The molecule has 2 aromatic heterocycles. The van der Waals surface area contributed by atoms with Crippen LogP contribution in [0.25, 0.3) is 0 Å². The van der Waals surface area contributed by atoms with Crippen LogP contribution in [0.2, 0.25) is 18.1 Å². The lowest BCUT2D eigenvalue weighted by Gasteiger charge is -2.28. The molecule has 0 aliphatic heterocycles. The second-order valence-corrected chi connectivity index (χ2v) is 11.2. The summed E-state index contributed by atoms with van der Waals surface area (Å²) in [5.74, 6) is 0. The second kappa shape index (κ2) is 5.98. The number of rotatable bonds is 6. The third-order valence-electron chi connectivity index (χ3n) is 3.96. The fraction of sp³-hybridized carbons (Fsp3) is 0.429. The van der Waals surface area contributed by atoms with Gasteiger partial charge in [-0.2, -0.15) is 22.7 Å². The van der Waals surface area contributed by atoms with Gasteiger partial charge in [-0.05, 0) is 50.8 Å². The highest BCUT2D eigenvalue weighted by molar-refractivity contribution is 7.10. The van der Waals surface area contributed by atoms with E-state index in [-0.39, 0.29) is 0 Å². The molecule has 0 spiro atoms. The molecule has 0 aliphatic carbocycles. The van der Waals surface area contributed by atoms with E-state index in [0.717, 1.165) is 0 Å². The van der Waals surface area contributed by atoms with E-state index in [2.05, 4.69) is 47.5 Å². The highest BCUT2D eigenvalue weighted by Gasteiger charge is 2.30. The van der Waals surface area contributed by atoms with E-state index in [4.69, 9.17) is 0 Å². The van der Waals surface area contributed by atoms with Gasteiger partial charge in [-0.3, -0.25) is 0 Å². The molecule has 0 N–H and O–H groups in total. The molecule has 0 saturated heterocycles. The zero-order chi connectivity index (χ0) is 12.1. The third kappa shape index (κ3) is 2.90. The van der Waals surface area contributed by atoms with Gasteiger partial charge in [0.05, 0.1) is 8.07 Å². The molecule has 0 saturated carbocycles. The topological polar surface area (TPSA) is 0 Å². The second-order valence-electron chi connectivity index (χ2n) is 4.63. The van der Waals surface area contributed by atoms with Crippen LogP contribution in [0.3, 0.4) is 0 Å². The summed E-state index contributed by atoms with van der Waals surface area (Å²) in [5.41, 5.74) is 1.53. The molecule has 0 bridgehead atoms. The maximum atomic E-state index is 2.40. The molecule has 2 aromatic rings. The minimum Gasteiger partial charge on any atom is -0.153 e. The first-order valence-electron chi connectivity index (χ1n) is 6.34.